The molecule has 2 rings (SSSR count). The Hall–Kier alpha value is -2.49. The average Bonchev–Trinajstić information content (AvgIpc) is 2.70. The molecule has 29 heavy (non-hydrogen) atoms. The Balaban J connectivity index is 1.81. The first-order chi connectivity index (χ1) is 13.7. The highest BCUT2D eigenvalue weighted by Gasteiger charge is 2.29. The first-order valence-electron chi connectivity index (χ1n) is 9.19. The van der Waals surface area contributed by atoms with E-state index in [1.54, 1.807) is 11.0 Å². The molecule has 0 aliphatic carbocycles. The SMILES string of the molecule is COC(=O)C[C@H](C)N1CCN(C(=O)COc2ccccc2OCC(F)(F)F)CC1. The molecule has 162 valence electrons. The average molecular weight is 418 g/mol. The van der Waals surface area contributed by atoms with E-state index in [2.05, 4.69) is 9.64 Å². The lowest BCUT2D eigenvalue weighted by molar-refractivity contribution is -0.153. The number of carbonyl (C=O) groups is 2. The maximum absolute atomic E-state index is 12.4. The Morgan fingerprint density at radius 2 is 1.66 bits per heavy atom. The molecule has 1 fully saturated rings. The lowest BCUT2D eigenvalue weighted by Gasteiger charge is -2.37. The van der Waals surface area contributed by atoms with Crippen LogP contribution in [0.25, 0.3) is 0 Å². The minimum atomic E-state index is -4.46. The van der Waals surface area contributed by atoms with E-state index in [0.717, 1.165) is 0 Å². The Labute approximate surface area is 167 Å². The van der Waals surface area contributed by atoms with Crippen LogP contribution in [0.15, 0.2) is 24.3 Å². The van der Waals surface area contributed by atoms with Crippen molar-refractivity contribution in [2.45, 2.75) is 25.6 Å². The van der Waals surface area contributed by atoms with Crippen molar-refractivity contribution in [1.29, 1.82) is 0 Å². The van der Waals surface area contributed by atoms with Crippen LogP contribution in [-0.2, 0) is 14.3 Å². The monoisotopic (exact) mass is 418 g/mol. The van der Waals surface area contributed by atoms with Gasteiger partial charge in [-0.05, 0) is 19.1 Å². The first-order valence-corrected chi connectivity index (χ1v) is 9.19. The molecule has 0 spiro atoms. The summed E-state index contributed by atoms with van der Waals surface area (Å²) in [7, 11) is 1.35. The van der Waals surface area contributed by atoms with Gasteiger partial charge in [-0.25, -0.2) is 0 Å². The van der Waals surface area contributed by atoms with Crippen LogP contribution >= 0.6 is 0 Å². The number of halogens is 3. The fraction of sp³-hybridized carbons (Fsp3) is 0.579. The summed E-state index contributed by atoms with van der Waals surface area (Å²) < 4.78 is 51.9. The molecule has 1 aliphatic rings. The van der Waals surface area contributed by atoms with E-state index in [-0.39, 0.29) is 42.4 Å². The Kier molecular flexibility index (Phi) is 8.12. The van der Waals surface area contributed by atoms with Gasteiger partial charge in [0.05, 0.1) is 13.5 Å². The summed E-state index contributed by atoms with van der Waals surface area (Å²) in [5.41, 5.74) is 0. The molecular weight excluding hydrogens is 393 g/mol. The standard InChI is InChI=1S/C19H25F3N2O5/c1-14(11-18(26)27-2)23-7-9-24(10-8-23)17(25)12-28-15-5-3-4-6-16(15)29-13-19(20,21)22/h3-6,14H,7-13H2,1-2H3/t14-/m0/s1. The Morgan fingerprint density at radius 1 is 1.07 bits per heavy atom. The molecule has 1 aromatic rings. The summed E-state index contributed by atoms with van der Waals surface area (Å²) in [5, 5.41) is 0. The fourth-order valence-corrected chi connectivity index (χ4v) is 2.94. The lowest BCUT2D eigenvalue weighted by Crippen LogP contribution is -2.52. The maximum Gasteiger partial charge on any atom is 0.422 e. The molecule has 0 N–H and O–H groups in total. The van der Waals surface area contributed by atoms with Gasteiger partial charge in [0, 0.05) is 32.2 Å². The van der Waals surface area contributed by atoms with Gasteiger partial charge in [0.1, 0.15) is 0 Å². The van der Waals surface area contributed by atoms with E-state index >= 15 is 0 Å². The molecule has 0 saturated carbocycles. The van der Waals surface area contributed by atoms with Gasteiger partial charge < -0.3 is 19.1 Å². The van der Waals surface area contributed by atoms with Gasteiger partial charge >= 0.3 is 12.1 Å². The number of para-hydroxylation sites is 2. The second kappa shape index (κ2) is 10.3. The maximum atomic E-state index is 12.4. The number of benzene rings is 1. The van der Waals surface area contributed by atoms with Crippen LogP contribution in [0.5, 0.6) is 11.5 Å². The second-order valence-corrected chi connectivity index (χ2v) is 6.69. The summed E-state index contributed by atoms with van der Waals surface area (Å²) in [6, 6.07) is 5.92. The lowest BCUT2D eigenvalue weighted by atomic mass is 10.1. The van der Waals surface area contributed by atoms with Gasteiger partial charge in [0.2, 0.25) is 0 Å². The number of alkyl halides is 3. The summed E-state index contributed by atoms with van der Waals surface area (Å²) in [4.78, 5) is 27.5. The van der Waals surface area contributed by atoms with Crippen molar-refractivity contribution >= 4 is 11.9 Å². The summed E-state index contributed by atoms with van der Waals surface area (Å²) in [6.45, 7) is 2.34. The molecule has 1 amide bonds. The van der Waals surface area contributed by atoms with E-state index in [1.165, 1.54) is 25.3 Å². The smallest absolute Gasteiger partial charge is 0.422 e. The van der Waals surface area contributed by atoms with Gasteiger partial charge in [0.15, 0.2) is 24.7 Å². The number of amides is 1. The van der Waals surface area contributed by atoms with Crippen molar-refractivity contribution in [2.75, 3.05) is 46.5 Å². The van der Waals surface area contributed by atoms with Crippen LogP contribution in [0.2, 0.25) is 0 Å². The number of hydrogen-bond donors (Lipinski definition) is 0. The first kappa shape index (κ1) is 22.8. The third-order valence-electron chi connectivity index (χ3n) is 4.57. The molecule has 0 radical (unpaired) electrons. The number of hydrogen-bond acceptors (Lipinski definition) is 6. The number of methoxy groups -OCH3 is 1. The number of carbonyl (C=O) groups excluding carboxylic acids is 2. The van der Waals surface area contributed by atoms with Crippen LogP contribution in [0.1, 0.15) is 13.3 Å². The van der Waals surface area contributed by atoms with Crippen LogP contribution in [0.3, 0.4) is 0 Å². The van der Waals surface area contributed by atoms with E-state index in [4.69, 9.17) is 9.47 Å². The van der Waals surface area contributed by atoms with Crippen LogP contribution < -0.4 is 9.47 Å². The molecule has 1 heterocycles. The molecule has 0 unspecified atom stereocenters. The quantitative estimate of drug-likeness (QED) is 0.603. The molecule has 1 atom stereocenters. The highest BCUT2D eigenvalue weighted by molar-refractivity contribution is 5.78. The largest absolute Gasteiger partial charge is 0.480 e. The normalized spacial score (nSPS) is 16.2. The molecule has 1 saturated heterocycles. The number of piperazine rings is 1. The van der Waals surface area contributed by atoms with E-state index in [1.807, 2.05) is 6.92 Å². The van der Waals surface area contributed by atoms with Gasteiger partial charge in [-0.1, -0.05) is 12.1 Å². The minimum Gasteiger partial charge on any atom is -0.480 e. The molecule has 7 nitrogen and oxygen atoms in total. The van der Waals surface area contributed by atoms with E-state index in [9.17, 15) is 22.8 Å². The van der Waals surface area contributed by atoms with Crippen molar-refractivity contribution in [3.63, 3.8) is 0 Å². The van der Waals surface area contributed by atoms with Gasteiger partial charge in [-0.2, -0.15) is 13.2 Å². The van der Waals surface area contributed by atoms with Crippen LogP contribution in [0, 0.1) is 0 Å². The zero-order valence-corrected chi connectivity index (χ0v) is 16.4. The van der Waals surface area contributed by atoms with Crippen molar-refractivity contribution in [3.8, 4) is 11.5 Å². The predicted octanol–water partition coefficient (Wildman–Crippen LogP) is 2.10. The minimum absolute atomic E-state index is 0.00797. The highest BCUT2D eigenvalue weighted by atomic mass is 19.4. The molecule has 10 heteroatoms. The van der Waals surface area contributed by atoms with Crippen molar-refractivity contribution in [3.05, 3.63) is 24.3 Å². The highest BCUT2D eigenvalue weighted by Crippen LogP contribution is 2.28. The number of ether oxygens (including phenoxy) is 3. The van der Waals surface area contributed by atoms with E-state index in [0.29, 0.717) is 26.2 Å². The number of esters is 1. The third kappa shape index (κ3) is 7.45. The Bertz CT molecular complexity index is 691. The van der Waals surface area contributed by atoms with E-state index < -0.39 is 12.8 Å². The van der Waals surface area contributed by atoms with Gasteiger partial charge in [0.25, 0.3) is 5.91 Å². The van der Waals surface area contributed by atoms with Gasteiger partial charge in [-0.15, -0.1) is 0 Å². The topological polar surface area (TPSA) is 68.3 Å². The summed E-state index contributed by atoms with van der Waals surface area (Å²) in [6.07, 6.45) is -4.18. The summed E-state index contributed by atoms with van der Waals surface area (Å²) in [5.74, 6) is -0.541. The molecule has 1 aliphatic heterocycles. The van der Waals surface area contributed by atoms with Crippen molar-refractivity contribution in [2.24, 2.45) is 0 Å². The number of rotatable bonds is 8. The molecule has 0 aromatic heterocycles. The predicted molar refractivity (Wildman–Crippen MR) is 97.7 cm³/mol. The third-order valence-corrected chi connectivity index (χ3v) is 4.57. The summed E-state index contributed by atoms with van der Waals surface area (Å²) >= 11 is 0. The molecular formula is C19H25F3N2O5. The van der Waals surface area contributed by atoms with Gasteiger partial charge in [-0.3, -0.25) is 14.5 Å². The fourth-order valence-electron chi connectivity index (χ4n) is 2.94. The van der Waals surface area contributed by atoms with Crippen LogP contribution in [0.4, 0.5) is 13.2 Å². The van der Waals surface area contributed by atoms with Crippen molar-refractivity contribution < 1.29 is 37.0 Å². The zero-order chi connectivity index (χ0) is 21.4. The second-order valence-electron chi connectivity index (χ2n) is 6.69. The van der Waals surface area contributed by atoms with Crippen LogP contribution in [-0.4, -0.2) is 80.4 Å². The number of nitrogens with zero attached hydrogens (tertiary/aromatic N) is 2. The molecule has 1 aromatic carbocycles. The molecule has 0 bridgehead atoms. The van der Waals surface area contributed by atoms with Crippen molar-refractivity contribution in [1.82, 2.24) is 9.80 Å². The Morgan fingerprint density at radius 3 is 2.21 bits per heavy atom. The zero-order valence-electron chi connectivity index (χ0n) is 16.4.